The minimum absolute atomic E-state index is 0.302. The normalized spacial score (nSPS) is 27.7. The fourth-order valence-corrected chi connectivity index (χ4v) is 4.71. The van der Waals surface area contributed by atoms with Crippen molar-refractivity contribution in [2.75, 3.05) is 18.8 Å². The van der Waals surface area contributed by atoms with Crippen LogP contribution in [0.25, 0.3) is 0 Å². The molecular formula is C12H19N3O3S. The lowest BCUT2D eigenvalue weighted by Crippen LogP contribution is -2.26. The first-order valence-corrected chi connectivity index (χ1v) is 8.61. The molecule has 1 aromatic rings. The molecule has 2 aliphatic rings. The summed E-state index contributed by atoms with van der Waals surface area (Å²) in [7, 11) is -2.93. The van der Waals surface area contributed by atoms with Crippen molar-refractivity contribution in [3.63, 3.8) is 0 Å². The van der Waals surface area contributed by atoms with Crippen LogP contribution in [0.15, 0.2) is 4.52 Å². The molecule has 2 aliphatic heterocycles. The Kier molecular flexibility index (Phi) is 3.58. The molecule has 0 saturated carbocycles. The van der Waals surface area contributed by atoms with Gasteiger partial charge < -0.3 is 9.84 Å². The van der Waals surface area contributed by atoms with Crippen LogP contribution in [-0.2, 0) is 16.3 Å². The zero-order valence-electron chi connectivity index (χ0n) is 10.8. The molecule has 0 aromatic carbocycles. The van der Waals surface area contributed by atoms with Gasteiger partial charge in [-0.25, -0.2) is 8.42 Å². The van der Waals surface area contributed by atoms with Crippen LogP contribution in [0.4, 0.5) is 0 Å². The van der Waals surface area contributed by atoms with Crippen LogP contribution in [0.5, 0.6) is 0 Å². The summed E-state index contributed by atoms with van der Waals surface area (Å²) < 4.78 is 28.9. The molecule has 1 aromatic heterocycles. The van der Waals surface area contributed by atoms with E-state index in [1.54, 1.807) is 0 Å². The highest BCUT2D eigenvalue weighted by Gasteiger charge is 2.33. The van der Waals surface area contributed by atoms with Gasteiger partial charge in [0.25, 0.3) is 0 Å². The molecule has 0 aliphatic carbocycles. The fraction of sp³-hybridized carbons (Fsp3) is 0.833. The van der Waals surface area contributed by atoms with Gasteiger partial charge in [0, 0.05) is 12.3 Å². The molecule has 1 N–H and O–H groups in total. The van der Waals surface area contributed by atoms with E-state index in [1.165, 1.54) is 0 Å². The first-order valence-electron chi connectivity index (χ1n) is 6.90. The molecule has 0 amide bonds. The number of nitrogens with zero attached hydrogens (tertiary/aromatic N) is 2. The van der Waals surface area contributed by atoms with Crippen molar-refractivity contribution < 1.29 is 12.9 Å². The highest BCUT2D eigenvalue weighted by atomic mass is 32.2. The summed E-state index contributed by atoms with van der Waals surface area (Å²) in [6, 6.07) is 0. The van der Waals surface area contributed by atoms with Gasteiger partial charge in [0.2, 0.25) is 5.89 Å². The molecule has 0 radical (unpaired) electrons. The summed E-state index contributed by atoms with van der Waals surface area (Å²) in [5.41, 5.74) is 0. The minimum atomic E-state index is -2.93. The van der Waals surface area contributed by atoms with Crippen LogP contribution in [0.3, 0.4) is 0 Å². The summed E-state index contributed by atoms with van der Waals surface area (Å²) >= 11 is 0. The van der Waals surface area contributed by atoms with Crippen LogP contribution in [-0.4, -0.2) is 42.7 Å². The van der Waals surface area contributed by atoms with Gasteiger partial charge in [0.05, 0.1) is 11.0 Å². The zero-order chi connectivity index (χ0) is 13.3. The topological polar surface area (TPSA) is 85.1 Å². The second-order valence-corrected chi connectivity index (χ2v) is 7.81. The minimum Gasteiger partial charge on any atom is -0.339 e. The standard InChI is InChI=1S/C12H19N3O3S/c16-19(17)7-1-2-10(19)8-11-14-12(18-15-11)9-3-5-13-6-4-9/h9-10,13H,1-8H2. The van der Waals surface area contributed by atoms with Crippen molar-refractivity contribution in [3.8, 4) is 0 Å². The average molecular weight is 285 g/mol. The second-order valence-electron chi connectivity index (χ2n) is 5.41. The van der Waals surface area contributed by atoms with E-state index in [2.05, 4.69) is 15.5 Å². The molecule has 0 spiro atoms. The van der Waals surface area contributed by atoms with Gasteiger partial charge in [-0.2, -0.15) is 4.98 Å². The lowest BCUT2D eigenvalue weighted by Gasteiger charge is -2.18. The maximum absolute atomic E-state index is 11.8. The van der Waals surface area contributed by atoms with Crippen molar-refractivity contribution in [2.45, 2.75) is 43.3 Å². The van der Waals surface area contributed by atoms with E-state index < -0.39 is 9.84 Å². The maximum Gasteiger partial charge on any atom is 0.229 e. The van der Waals surface area contributed by atoms with E-state index >= 15 is 0 Å². The van der Waals surface area contributed by atoms with E-state index in [9.17, 15) is 8.42 Å². The highest BCUT2D eigenvalue weighted by Crippen LogP contribution is 2.26. The smallest absolute Gasteiger partial charge is 0.229 e. The monoisotopic (exact) mass is 285 g/mol. The molecule has 19 heavy (non-hydrogen) atoms. The van der Waals surface area contributed by atoms with E-state index in [-0.39, 0.29) is 5.25 Å². The molecule has 2 saturated heterocycles. The van der Waals surface area contributed by atoms with Gasteiger partial charge in [-0.3, -0.25) is 0 Å². The molecule has 2 fully saturated rings. The first kappa shape index (κ1) is 13.1. The van der Waals surface area contributed by atoms with Crippen molar-refractivity contribution >= 4 is 9.84 Å². The lowest BCUT2D eigenvalue weighted by molar-refractivity contribution is 0.318. The van der Waals surface area contributed by atoms with Crippen LogP contribution in [0.1, 0.15) is 43.3 Å². The summed E-state index contributed by atoms with van der Waals surface area (Å²) in [6.07, 6.45) is 3.88. The third-order valence-corrected chi connectivity index (χ3v) is 6.32. The predicted octanol–water partition coefficient (Wildman–Crippen LogP) is 0.656. The van der Waals surface area contributed by atoms with E-state index in [0.29, 0.717) is 29.8 Å². The second kappa shape index (κ2) is 5.20. The fourth-order valence-electron chi connectivity index (χ4n) is 2.88. The quantitative estimate of drug-likeness (QED) is 0.878. The Morgan fingerprint density at radius 2 is 2.05 bits per heavy atom. The van der Waals surface area contributed by atoms with E-state index in [0.717, 1.165) is 38.8 Å². The van der Waals surface area contributed by atoms with Gasteiger partial charge in [-0.15, -0.1) is 0 Å². The molecule has 3 rings (SSSR count). The first-order chi connectivity index (χ1) is 9.15. The van der Waals surface area contributed by atoms with Crippen LogP contribution < -0.4 is 5.32 Å². The molecule has 0 bridgehead atoms. The third-order valence-electron chi connectivity index (χ3n) is 4.05. The number of hydrogen-bond acceptors (Lipinski definition) is 6. The molecular weight excluding hydrogens is 266 g/mol. The summed E-state index contributed by atoms with van der Waals surface area (Å²) in [4.78, 5) is 4.39. The van der Waals surface area contributed by atoms with Crippen LogP contribution in [0, 0.1) is 0 Å². The van der Waals surface area contributed by atoms with Crippen LogP contribution in [0.2, 0.25) is 0 Å². The van der Waals surface area contributed by atoms with E-state index in [1.807, 2.05) is 0 Å². The number of aromatic nitrogens is 2. The van der Waals surface area contributed by atoms with Gasteiger partial charge in [0.15, 0.2) is 15.7 Å². The number of nitrogens with one attached hydrogen (secondary N) is 1. The number of piperidine rings is 1. The summed E-state index contributed by atoms with van der Waals surface area (Å²) in [5.74, 6) is 1.84. The van der Waals surface area contributed by atoms with Crippen molar-refractivity contribution in [1.82, 2.24) is 15.5 Å². The van der Waals surface area contributed by atoms with Crippen LogP contribution >= 0.6 is 0 Å². The SMILES string of the molecule is O=S1(=O)CCCC1Cc1noc(C2CCNCC2)n1. The van der Waals surface area contributed by atoms with Crippen molar-refractivity contribution in [2.24, 2.45) is 0 Å². The third kappa shape index (κ3) is 2.81. The van der Waals surface area contributed by atoms with Gasteiger partial charge >= 0.3 is 0 Å². The predicted molar refractivity (Wildman–Crippen MR) is 69.7 cm³/mol. The largest absolute Gasteiger partial charge is 0.339 e. The summed E-state index contributed by atoms with van der Waals surface area (Å²) in [5, 5.41) is 6.93. The number of sulfone groups is 1. The van der Waals surface area contributed by atoms with E-state index in [4.69, 9.17) is 4.52 Å². The number of rotatable bonds is 3. The Bertz CT molecular complexity index is 534. The molecule has 7 heteroatoms. The van der Waals surface area contributed by atoms with Gasteiger partial charge in [0.1, 0.15) is 0 Å². The molecule has 1 atom stereocenters. The Morgan fingerprint density at radius 1 is 1.26 bits per heavy atom. The summed E-state index contributed by atoms with van der Waals surface area (Å²) in [6.45, 7) is 1.94. The molecule has 106 valence electrons. The van der Waals surface area contributed by atoms with Crippen molar-refractivity contribution in [3.05, 3.63) is 11.7 Å². The highest BCUT2D eigenvalue weighted by molar-refractivity contribution is 7.92. The molecule has 1 unspecified atom stereocenters. The molecule has 3 heterocycles. The zero-order valence-corrected chi connectivity index (χ0v) is 11.7. The number of hydrogen-bond donors (Lipinski definition) is 1. The van der Waals surface area contributed by atoms with Gasteiger partial charge in [-0.05, 0) is 38.8 Å². The Labute approximate surface area is 112 Å². The Hall–Kier alpha value is -0.950. The lowest BCUT2D eigenvalue weighted by atomic mass is 9.98. The molecule has 6 nitrogen and oxygen atoms in total. The Balaban J connectivity index is 1.68. The Morgan fingerprint density at radius 3 is 2.74 bits per heavy atom. The average Bonchev–Trinajstić information content (AvgIpc) is 2.99. The van der Waals surface area contributed by atoms with Crippen molar-refractivity contribution in [1.29, 1.82) is 0 Å². The maximum atomic E-state index is 11.8. The van der Waals surface area contributed by atoms with Gasteiger partial charge in [-0.1, -0.05) is 5.16 Å².